The summed E-state index contributed by atoms with van der Waals surface area (Å²) in [5.74, 6) is 1.76. The largest absolute Gasteiger partial charge is 0.383 e. The van der Waals surface area contributed by atoms with Gasteiger partial charge in [0.1, 0.15) is 17.3 Å². The van der Waals surface area contributed by atoms with Crippen LogP contribution < -0.4 is 5.73 Å². The molecule has 0 atom stereocenters. The van der Waals surface area contributed by atoms with Crippen LogP contribution in [0.5, 0.6) is 0 Å². The van der Waals surface area contributed by atoms with E-state index in [0.717, 1.165) is 35.9 Å². The van der Waals surface area contributed by atoms with E-state index in [4.69, 9.17) is 5.73 Å². The Hall–Kier alpha value is -1.78. The Morgan fingerprint density at radius 2 is 2.06 bits per heavy atom. The zero-order valence-corrected chi connectivity index (χ0v) is 11.5. The van der Waals surface area contributed by atoms with Gasteiger partial charge in [-0.1, -0.05) is 6.92 Å². The summed E-state index contributed by atoms with van der Waals surface area (Å²) >= 11 is 0. The molecule has 0 fully saturated rings. The third-order valence-corrected chi connectivity index (χ3v) is 3.08. The van der Waals surface area contributed by atoms with E-state index >= 15 is 0 Å². The van der Waals surface area contributed by atoms with Crippen LogP contribution in [0, 0.1) is 0 Å². The molecule has 0 radical (unpaired) electrons. The van der Waals surface area contributed by atoms with Crippen LogP contribution in [0.25, 0.3) is 11.3 Å². The zero-order valence-electron chi connectivity index (χ0n) is 11.5. The van der Waals surface area contributed by atoms with Crippen LogP contribution in [0.2, 0.25) is 0 Å². The summed E-state index contributed by atoms with van der Waals surface area (Å²) in [6.07, 6.45) is 4.69. The quantitative estimate of drug-likeness (QED) is 0.903. The Morgan fingerprint density at radius 1 is 1.33 bits per heavy atom. The van der Waals surface area contributed by atoms with E-state index in [2.05, 4.69) is 42.3 Å². The van der Waals surface area contributed by atoms with Crippen LogP contribution in [0.1, 0.15) is 39.6 Å². The average molecular weight is 247 g/mol. The molecule has 0 aromatic carbocycles. The average Bonchev–Trinajstić information content (AvgIpc) is 2.92. The number of aromatic nitrogens is 4. The van der Waals surface area contributed by atoms with E-state index in [1.807, 2.05) is 17.1 Å². The number of nitrogen functional groups attached to an aromatic ring is 1. The number of aryl methyl sites for hydroxylation is 2. The number of nitrogens with zero attached hydrogens (tertiary/aromatic N) is 4. The Bertz CT molecular complexity index is 536. The fourth-order valence-corrected chi connectivity index (χ4v) is 2.19. The van der Waals surface area contributed by atoms with Gasteiger partial charge in [0.05, 0.1) is 6.20 Å². The van der Waals surface area contributed by atoms with Crippen LogP contribution in [0.15, 0.2) is 12.4 Å². The predicted molar refractivity (Wildman–Crippen MR) is 73.3 cm³/mol. The number of nitrogens with two attached hydrogens (primary N) is 1. The van der Waals surface area contributed by atoms with Gasteiger partial charge in [-0.25, -0.2) is 4.98 Å². The molecule has 2 N–H and O–H groups in total. The second-order valence-corrected chi connectivity index (χ2v) is 4.66. The minimum absolute atomic E-state index is 0.322. The van der Waals surface area contributed by atoms with E-state index < -0.39 is 0 Å². The molecule has 0 saturated heterocycles. The zero-order chi connectivity index (χ0) is 13.3. The van der Waals surface area contributed by atoms with Crippen molar-refractivity contribution in [1.29, 1.82) is 0 Å². The highest BCUT2D eigenvalue weighted by molar-refractivity contribution is 5.70. The third-order valence-electron chi connectivity index (χ3n) is 3.08. The molecule has 0 amide bonds. The van der Waals surface area contributed by atoms with Gasteiger partial charge >= 0.3 is 0 Å². The van der Waals surface area contributed by atoms with Gasteiger partial charge in [-0.2, -0.15) is 5.10 Å². The van der Waals surface area contributed by atoms with Crippen LogP contribution in [0.4, 0.5) is 5.82 Å². The highest BCUT2D eigenvalue weighted by Gasteiger charge is 2.17. The van der Waals surface area contributed by atoms with Crippen molar-refractivity contribution in [3.8, 4) is 11.3 Å². The molecule has 0 aliphatic carbocycles. The standard InChI is InChI=1S/C13H21N5/c1-5-11-16-12(13(14)18(11)9(3)4)10-7-15-17(6-2)8-10/h7-9H,5-6,14H2,1-4H3. The molecule has 0 aliphatic rings. The van der Waals surface area contributed by atoms with E-state index in [0.29, 0.717) is 6.04 Å². The van der Waals surface area contributed by atoms with Crippen molar-refractivity contribution < 1.29 is 0 Å². The van der Waals surface area contributed by atoms with Crippen LogP contribution in [-0.2, 0) is 13.0 Å². The maximum absolute atomic E-state index is 6.23. The molecule has 2 aromatic heterocycles. The number of hydrogen-bond donors (Lipinski definition) is 1. The van der Waals surface area contributed by atoms with Gasteiger partial charge in [-0.3, -0.25) is 4.68 Å². The lowest BCUT2D eigenvalue weighted by molar-refractivity contribution is 0.579. The monoisotopic (exact) mass is 247 g/mol. The molecule has 0 unspecified atom stereocenters. The van der Waals surface area contributed by atoms with Gasteiger partial charge in [0, 0.05) is 30.8 Å². The normalized spacial score (nSPS) is 11.4. The fraction of sp³-hybridized carbons (Fsp3) is 0.538. The molecule has 2 heterocycles. The van der Waals surface area contributed by atoms with Gasteiger partial charge in [0.2, 0.25) is 0 Å². The lowest BCUT2D eigenvalue weighted by Crippen LogP contribution is -2.08. The number of rotatable bonds is 4. The summed E-state index contributed by atoms with van der Waals surface area (Å²) in [6.45, 7) is 9.25. The summed E-state index contributed by atoms with van der Waals surface area (Å²) in [5, 5.41) is 4.27. The summed E-state index contributed by atoms with van der Waals surface area (Å²) in [7, 11) is 0. The fourth-order valence-electron chi connectivity index (χ4n) is 2.19. The molecule has 18 heavy (non-hydrogen) atoms. The van der Waals surface area contributed by atoms with E-state index in [-0.39, 0.29) is 0 Å². The molecule has 0 spiro atoms. The molecule has 98 valence electrons. The van der Waals surface area contributed by atoms with Gasteiger partial charge in [0.25, 0.3) is 0 Å². The highest BCUT2D eigenvalue weighted by Crippen LogP contribution is 2.28. The summed E-state index contributed by atoms with van der Waals surface area (Å²) in [6, 6.07) is 0.322. The first-order chi connectivity index (χ1) is 8.58. The Balaban J connectivity index is 2.51. The van der Waals surface area contributed by atoms with E-state index in [1.165, 1.54) is 0 Å². The van der Waals surface area contributed by atoms with Crippen LogP contribution in [-0.4, -0.2) is 19.3 Å². The molecule has 0 saturated carbocycles. The highest BCUT2D eigenvalue weighted by atomic mass is 15.3. The van der Waals surface area contributed by atoms with E-state index in [9.17, 15) is 0 Å². The molecule has 2 aromatic rings. The lowest BCUT2D eigenvalue weighted by atomic mass is 10.2. The molecule has 0 bridgehead atoms. The first-order valence-electron chi connectivity index (χ1n) is 6.47. The molecular weight excluding hydrogens is 226 g/mol. The second-order valence-electron chi connectivity index (χ2n) is 4.66. The number of imidazole rings is 1. The van der Waals surface area contributed by atoms with Crippen molar-refractivity contribution in [2.45, 2.75) is 46.7 Å². The first-order valence-corrected chi connectivity index (χ1v) is 6.47. The maximum atomic E-state index is 6.23. The van der Waals surface area contributed by atoms with Crippen molar-refractivity contribution in [3.05, 3.63) is 18.2 Å². The van der Waals surface area contributed by atoms with Crippen LogP contribution in [0.3, 0.4) is 0 Å². The molecule has 0 aliphatic heterocycles. The summed E-state index contributed by atoms with van der Waals surface area (Å²) in [5.41, 5.74) is 8.06. The second kappa shape index (κ2) is 4.84. The maximum Gasteiger partial charge on any atom is 0.132 e. The lowest BCUT2D eigenvalue weighted by Gasteiger charge is -2.12. The Morgan fingerprint density at radius 3 is 2.50 bits per heavy atom. The van der Waals surface area contributed by atoms with E-state index in [1.54, 1.807) is 0 Å². The number of hydrogen-bond acceptors (Lipinski definition) is 3. The Labute approximate surface area is 108 Å². The Kier molecular flexibility index (Phi) is 3.41. The van der Waals surface area contributed by atoms with Gasteiger partial charge in [-0.15, -0.1) is 0 Å². The van der Waals surface area contributed by atoms with Gasteiger partial charge < -0.3 is 10.3 Å². The van der Waals surface area contributed by atoms with Crippen molar-refractivity contribution in [2.75, 3.05) is 5.73 Å². The SMILES string of the molecule is CCc1nc(-c2cnn(CC)c2)c(N)n1C(C)C. The van der Waals surface area contributed by atoms with Crippen molar-refractivity contribution in [2.24, 2.45) is 0 Å². The van der Waals surface area contributed by atoms with Crippen molar-refractivity contribution in [3.63, 3.8) is 0 Å². The molecule has 5 heteroatoms. The van der Waals surface area contributed by atoms with Crippen molar-refractivity contribution >= 4 is 5.82 Å². The van der Waals surface area contributed by atoms with Crippen LogP contribution >= 0.6 is 0 Å². The molecule has 5 nitrogen and oxygen atoms in total. The summed E-state index contributed by atoms with van der Waals surface area (Å²) in [4.78, 5) is 4.65. The smallest absolute Gasteiger partial charge is 0.132 e. The predicted octanol–water partition coefficient (Wildman–Crippen LogP) is 2.49. The summed E-state index contributed by atoms with van der Waals surface area (Å²) < 4.78 is 3.98. The first kappa shape index (κ1) is 12.7. The van der Waals surface area contributed by atoms with Crippen molar-refractivity contribution in [1.82, 2.24) is 19.3 Å². The third kappa shape index (κ3) is 2.00. The number of anilines is 1. The molecular formula is C13H21N5. The minimum Gasteiger partial charge on any atom is -0.383 e. The molecule has 2 rings (SSSR count). The topological polar surface area (TPSA) is 61.7 Å². The van der Waals surface area contributed by atoms with Gasteiger partial charge in [0.15, 0.2) is 0 Å². The van der Waals surface area contributed by atoms with Gasteiger partial charge in [-0.05, 0) is 20.8 Å². The minimum atomic E-state index is 0.322.